The highest BCUT2D eigenvalue weighted by Gasteiger charge is 2.59. The third-order valence-electron chi connectivity index (χ3n) is 11.9. The van der Waals surface area contributed by atoms with E-state index in [1.807, 2.05) is 5.57 Å². The second kappa shape index (κ2) is 10.8. The van der Waals surface area contributed by atoms with Gasteiger partial charge in [-0.05, 0) is 104 Å². The maximum absolute atomic E-state index is 2.81. The van der Waals surface area contributed by atoms with Gasteiger partial charge in [-0.3, -0.25) is 0 Å². The summed E-state index contributed by atoms with van der Waals surface area (Å²) in [5.74, 6) is 6.79. The van der Waals surface area contributed by atoms with Gasteiger partial charge in [0.15, 0.2) is 0 Å². The molecule has 3 fully saturated rings. The molecule has 0 radical (unpaired) electrons. The van der Waals surface area contributed by atoms with E-state index >= 15 is 0 Å². The molecule has 190 valence electrons. The first-order valence-corrected chi connectivity index (χ1v) is 15.5. The molecule has 0 N–H and O–H groups in total. The molecule has 0 aromatic rings. The number of hydrogen-bond donors (Lipinski definition) is 0. The van der Waals surface area contributed by atoms with Gasteiger partial charge in [0, 0.05) is 0 Å². The molecule has 4 aliphatic rings. The Morgan fingerprint density at radius 2 is 1.70 bits per heavy atom. The van der Waals surface area contributed by atoms with Crippen molar-refractivity contribution in [2.45, 2.75) is 144 Å². The van der Waals surface area contributed by atoms with Crippen LogP contribution in [0.25, 0.3) is 0 Å². The summed E-state index contributed by atoms with van der Waals surface area (Å²) in [4.78, 5) is 0. The van der Waals surface area contributed by atoms with Crippen molar-refractivity contribution in [1.29, 1.82) is 0 Å². The Labute approximate surface area is 208 Å². The predicted molar refractivity (Wildman–Crippen MR) is 145 cm³/mol. The molecule has 0 heterocycles. The molecule has 0 aromatic heterocycles. The van der Waals surface area contributed by atoms with Crippen molar-refractivity contribution in [1.82, 2.24) is 0 Å². The fourth-order valence-corrected chi connectivity index (χ4v) is 9.87. The number of fused-ring (bicyclic) bond motifs is 5. The lowest BCUT2D eigenvalue weighted by Crippen LogP contribution is -2.50. The Balaban J connectivity index is 1.40. The van der Waals surface area contributed by atoms with Crippen LogP contribution in [0.3, 0.4) is 0 Å². The molecule has 0 spiro atoms. The average Bonchev–Trinajstić information content (AvgIpc) is 3.14. The summed E-state index contributed by atoms with van der Waals surface area (Å²) < 4.78 is 0. The first-order chi connectivity index (χ1) is 15.8. The molecule has 0 heteroatoms. The van der Waals surface area contributed by atoms with Gasteiger partial charge in [-0.1, -0.05) is 105 Å². The SMILES string of the molecule is CCCCCCC1CC[C@@]2(C)C(=CCC3C2CC[C@@]2(C)C3CC[C@@H]2[C@H](C)CCCC(C)C)C1. The van der Waals surface area contributed by atoms with Crippen LogP contribution < -0.4 is 0 Å². The second-order valence-corrected chi connectivity index (χ2v) is 14.2. The summed E-state index contributed by atoms with van der Waals surface area (Å²) in [5.41, 5.74) is 3.09. The van der Waals surface area contributed by atoms with Crippen LogP contribution in [-0.2, 0) is 0 Å². The summed E-state index contributed by atoms with van der Waals surface area (Å²) in [5, 5.41) is 0. The van der Waals surface area contributed by atoms with Gasteiger partial charge in [0.1, 0.15) is 0 Å². The topological polar surface area (TPSA) is 0 Å². The summed E-state index contributed by atoms with van der Waals surface area (Å²) in [6.07, 6.45) is 26.4. The van der Waals surface area contributed by atoms with Gasteiger partial charge < -0.3 is 0 Å². The molecule has 3 saturated carbocycles. The fourth-order valence-electron chi connectivity index (χ4n) is 9.87. The highest BCUT2D eigenvalue weighted by molar-refractivity contribution is 5.25. The quantitative estimate of drug-likeness (QED) is 0.227. The van der Waals surface area contributed by atoms with E-state index in [1.165, 1.54) is 103 Å². The van der Waals surface area contributed by atoms with E-state index in [2.05, 4.69) is 47.6 Å². The maximum atomic E-state index is 2.81. The maximum Gasteiger partial charge on any atom is -0.00851 e. The largest absolute Gasteiger partial charge is 0.0845 e. The molecule has 0 amide bonds. The Bertz CT molecular complexity index is 657. The number of unbranched alkanes of at least 4 members (excludes halogenated alkanes) is 3. The minimum atomic E-state index is 0.547. The molecule has 0 aromatic carbocycles. The van der Waals surface area contributed by atoms with Gasteiger partial charge in [0.25, 0.3) is 0 Å². The Morgan fingerprint density at radius 1 is 0.879 bits per heavy atom. The fraction of sp³-hybridized carbons (Fsp3) is 0.939. The van der Waals surface area contributed by atoms with E-state index in [-0.39, 0.29) is 0 Å². The highest BCUT2D eigenvalue weighted by Crippen LogP contribution is 2.67. The summed E-state index contributed by atoms with van der Waals surface area (Å²) in [7, 11) is 0. The summed E-state index contributed by atoms with van der Waals surface area (Å²) >= 11 is 0. The predicted octanol–water partition coefficient (Wildman–Crippen LogP) is 10.6. The molecular formula is C33H58. The lowest BCUT2D eigenvalue weighted by atomic mass is 9.46. The molecule has 8 atom stereocenters. The monoisotopic (exact) mass is 454 g/mol. The van der Waals surface area contributed by atoms with Gasteiger partial charge >= 0.3 is 0 Å². The molecule has 4 rings (SSSR count). The van der Waals surface area contributed by atoms with Crippen molar-refractivity contribution < 1.29 is 0 Å². The van der Waals surface area contributed by atoms with Crippen LogP contribution in [0.1, 0.15) is 144 Å². The second-order valence-electron chi connectivity index (χ2n) is 14.2. The lowest BCUT2D eigenvalue weighted by molar-refractivity contribution is -0.0529. The number of allylic oxidation sites excluding steroid dienone is 2. The molecule has 4 aliphatic carbocycles. The molecule has 0 saturated heterocycles. The molecule has 4 unspecified atom stereocenters. The Hall–Kier alpha value is -0.260. The van der Waals surface area contributed by atoms with Crippen LogP contribution in [0.15, 0.2) is 11.6 Å². The van der Waals surface area contributed by atoms with Crippen LogP contribution in [0.4, 0.5) is 0 Å². The van der Waals surface area contributed by atoms with Crippen LogP contribution >= 0.6 is 0 Å². The highest BCUT2D eigenvalue weighted by atomic mass is 14.6. The normalized spacial score (nSPS) is 41.3. The number of rotatable bonds is 10. The zero-order valence-corrected chi connectivity index (χ0v) is 23.4. The van der Waals surface area contributed by atoms with Crippen molar-refractivity contribution in [3.8, 4) is 0 Å². The minimum absolute atomic E-state index is 0.547. The van der Waals surface area contributed by atoms with Gasteiger partial charge in [0.2, 0.25) is 0 Å². The van der Waals surface area contributed by atoms with Crippen molar-refractivity contribution in [3.05, 3.63) is 11.6 Å². The van der Waals surface area contributed by atoms with Crippen LogP contribution in [0, 0.1) is 52.3 Å². The molecule has 33 heavy (non-hydrogen) atoms. The van der Waals surface area contributed by atoms with Crippen molar-refractivity contribution in [2.24, 2.45) is 52.3 Å². The van der Waals surface area contributed by atoms with Gasteiger partial charge in [-0.25, -0.2) is 0 Å². The van der Waals surface area contributed by atoms with Crippen molar-refractivity contribution in [2.75, 3.05) is 0 Å². The lowest BCUT2D eigenvalue weighted by Gasteiger charge is -2.58. The molecule has 0 nitrogen and oxygen atoms in total. The van der Waals surface area contributed by atoms with Crippen LogP contribution in [-0.4, -0.2) is 0 Å². The average molecular weight is 455 g/mol. The van der Waals surface area contributed by atoms with Crippen LogP contribution in [0.2, 0.25) is 0 Å². The molecular weight excluding hydrogens is 396 g/mol. The first-order valence-electron chi connectivity index (χ1n) is 15.5. The van der Waals surface area contributed by atoms with Gasteiger partial charge in [0.05, 0.1) is 0 Å². The van der Waals surface area contributed by atoms with Gasteiger partial charge in [-0.2, -0.15) is 0 Å². The van der Waals surface area contributed by atoms with E-state index in [0.29, 0.717) is 10.8 Å². The Kier molecular flexibility index (Phi) is 8.44. The van der Waals surface area contributed by atoms with Crippen molar-refractivity contribution >= 4 is 0 Å². The Morgan fingerprint density at radius 3 is 2.45 bits per heavy atom. The number of hydrogen-bond acceptors (Lipinski definition) is 0. The third-order valence-corrected chi connectivity index (χ3v) is 11.9. The summed E-state index contributed by atoms with van der Waals surface area (Å²) in [6.45, 7) is 15.2. The molecule has 0 aliphatic heterocycles. The van der Waals surface area contributed by atoms with Crippen molar-refractivity contribution in [3.63, 3.8) is 0 Å². The van der Waals surface area contributed by atoms with E-state index in [0.717, 1.165) is 41.4 Å². The van der Waals surface area contributed by atoms with Crippen LogP contribution in [0.5, 0.6) is 0 Å². The van der Waals surface area contributed by atoms with E-state index < -0.39 is 0 Å². The third kappa shape index (κ3) is 5.16. The van der Waals surface area contributed by atoms with E-state index in [4.69, 9.17) is 0 Å². The molecule has 0 bridgehead atoms. The van der Waals surface area contributed by atoms with Gasteiger partial charge in [-0.15, -0.1) is 0 Å². The van der Waals surface area contributed by atoms with E-state index in [1.54, 1.807) is 0 Å². The minimum Gasteiger partial charge on any atom is -0.0845 e. The smallest absolute Gasteiger partial charge is 0.00851 e. The zero-order valence-electron chi connectivity index (χ0n) is 23.4. The van der Waals surface area contributed by atoms with E-state index in [9.17, 15) is 0 Å². The standard InChI is InChI=1S/C33H58/c1-7-8-9-10-14-26-19-21-32(5)27(23-26)15-16-28-30-18-17-29(25(4)13-11-12-24(2)3)33(30,6)22-20-31(28)32/h15,24-26,28-31H,7-14,16-23H2,1-6H3/t25-,26?,28?,29-,30?,31?,32+,33-/m1/s1. The zero-order chi connectivity index (χ0) is 23.6. The first kappa shape index (κ1) is 25.8. The summed E-state index contributed by atoms with van der Waals surface area (Å²) in [6, 6.07) is 0.